The number of nitrogens with zero attached hydrogens (tertiary/aromatic N) is 2. The van der Waals surface area contributed by atoms with E-state index in [0.717, 1.165) is 5.92 Å². The maximum atomic E-state index is 14.3. The van der Waals surface area contributed by atoms with Crippen molar-refractivity contribution in [1.82, 2.24) is 20.4 Å². The monoisotopic (exact) mass is 484 g/mol. The minimum atomic E-state index is -0.575. The Morgan fingerprint density at radius 3 is 2.55 bits per heavy atom. The molecule has 0 radical (unpaired) electrons. The van der Waals surface area contributed by atoms with E-state index in [1.54, 1.807) is 0 Å². The fourth-order valence-electron chi connectivity index (χ4n) is 2.78. The summed E-state index contributed by atoms with van der Waals surface area (Å²) in [7, 11) is 0. The number of rotatable bonds is 6. The zero-order valence-corrected chi connectivity index (χ0v) is 20.6. The molecule has 0 saturated carbocycles. The predicted molar refractivity (Wildman–Crippen MR) is 126 cm³/mol. The van der Waals surface area contributed by atoms with Gasteiger partial charge in [0.05, 0.1) is 32.1 Å². The van der Waals surface area contributed by atoms with Crippen LogP contribution in [0.4, 0.5) is 4.39 Å². The maximum absolute atomic E-state index is 14.3. The molecule has 0 aliphatic carbocycles. The highest BCUT2D eigenvalue weighted by atomic mass is 35.5. The average Bonchev–Trinajstić information content (AvgIpc) is 3.16. The lowest BCUT2D eigenvalue weighted by Crippen LogP contribution is -2.38. The highest BCUT2D eigenvalue weighted by Crippen LogP contribution is 2.26. The number of aliphatic hydroxyl groups is 1. The molecule has 33 heavy (non-hydrogen) atoms. The van der Waals surface area contributed by atoms with E-state index in [1.807, 2.05) is 13.8 Å². The van der Waals surface area contributed by atoms with E-state index >= 15 is 0 Å². The van der Waals surface area contributed by atoms with Crippen LogP contribution in [0, 0.1) is 11.7 Å². The Morgan fingerprint density at radius 1 is 1.27 bits per heavy atom. The highest BCUT2D eigenvalue weighted by molar-refractivity contribution is 6.30. The summed E-state index contributed by atoms with van der Waals surface area (Å²) in [5.74, 6) is -0.716. The molecule has 10 heteroatoms. The van der Waals surface area contributed by atoms with Gasteiger partial charge in [-0.25, -0.2) is 9.07 Å². The van der Waals surface area contributed by atoms with Gasteiger partial charge in [-0.3, -0.25) is 9.59 Å². The van der Waals surface area contributed by atoms with Gasteiger partial charge in [0.2, 0.25) is 5.91 Å². The largest absolute Gasteiger partial charge is 0.395 e. The van der Waals surface area contributed by atoms with Gasteiger partial charge in [0.1, 0.15) is 11.5 Å². The third kappa shape index (κ3) is 8.75. The van der Waals surface area contributed by atoms with Crippen molar-refractivity contribution >= 4 is 23.4 Å². The van der Waals surface area contributed by atoms with Gasteiger partial charge in [0, 0.05) is 23.6 Å². The van der Waals surface area contributed by atoms with Crippen LogP contribution in [0.1, 0.15) is 56.4 Å². The Hall–Kier alpha value is -2.49. The number of carbonyl (C=O) groups excluding carboxylic acids is 2. The summed E-state index contributed by atoms with van der Waals surface area (Å²) >= 11 is 5.80. The first-order valence-corrected chi connectivity index (χ1v) is 11.4. The van der Waals surface area contributed by atoms with Crippen LogP contribution in [0.3, 0.4) is 0 Å². The van der Waals surface area contributed by atoms with Gasteiger partial charge in [-0.15, -0.1) is 0 Å². The summed E-state index contributed by atoms with van der Waals surface area (Å²) in [6, 6.07) is 4.17. The molecule has 0 spiro atoms. The van der Waals surface area contributed by atoms with E-state index in [-0.39, 0.29) is 42.7 Å². The van der Waals surface area contributed by atoms with Gasteiger partial charge in [-0.05, 0) is 24.1 Å². The molecule has 2 aromatic rings. The second-order valence-corrected chi connectivity index (χ2v) is 8.01. The normalized spacial score (nSPS) is 12.0. The molecule has 0 atom stereocenters. The predicted octanol–water partition coefficient (Wildman–Crippen LogP) is 3.26. The molecule has 2 amide bonds. The zero-order chi connectivity index (χ0) is 25.0. The standard InChI is InChI=1S/C17H18ClFN4O4.C4H10.C2H6/c18-10-1-2-13(12(19)7-10)23-14-9-27-6-3-11(14)16(22-23)17(26)21-8-15(25)20-4-5-24;1-4(2)3;1-2/h1-2,7,24H,3-6,8-9H2,(H,20,25)(H,21,26);4H,1-3H3;1-2H3. The number of fused-ring (bicyclic) bond motifs is 1. The molecule has 0 bridgehead atoms. The Balaban J connectivity index is 0.000000820. The van der Waals surface area contributed by atoms with Crippen LogP contribution >= 0.6 is 11.6 Å². The van der Waals surface area contributed by atoms with E-state index in [2.05, 4.69) is 36.5 Å². The van der Waals surface area contributed by atoms with Gasteiger partial charge in [0.15, 0.2) is 5.69 Å². The molecule has 0 fully saturated rings. The van der Waals surface area contributed by atoms with Crippen LogP contribution in [0.25, 0.3) is 5.69 Å². The number of nitrogens with one attached hydrogen (secondary N) is 2. The van der Waals surface area contributed by atoms with Gasteiger partial charge >= 0.3 is 0 Å². The van der Waals surface area contributed by atoms with Crippen molar-refractivity contribution in [3.8, 4) is 5.69 Å². The quantitative estimate of drug-likeness (QED) is 0.583. The summed E-state index contributed by atoms with van der Waals surface area (Å²) in [5.41, 5.74) is 1.51. The summed E-state index contributed by atoms with van der Waals surface area (Å²) in [6.07, 6.45) is 0.448. The average molecular weight is 485 g/mol. The first kappa shape index (κ1) is 28.5. The molecular weight excluding hydrogens is 451 g/mol. The molecule has 1 aromatic heterocycles. The van der Waals surface area contributed by atoms with Gasteiger partial charge in [0.25, 0.3) is 5.91 Å². The van der Waals surface area contributed by atoms with Crippen LogP contribution in [0.15, 0.2) is 18.2 Å². The number of benzene rings is 1. The second-order valence-electron chi connectivity index (χ2n) is 7.57. The third-order valence-corrected chi connectivity index (χ3v) is 4.26. The summed E-state index contributed by atoms with van der Waals surface area (Å²) in [5, 5.41) is 18.1. The van der Waals surface area contributed by atoms with Crippen molar-refractivity contribution in [2.75, 3.05) is 26.3 Å². The Morgan fingerprint density at radius 2 is 1.94 bits per heavy atom. The number of halogens is 2. The smallest absolute Gasteiger partial charge is 0.272 e. The second kappa shape index (κ2) is 14.6. The summed E-state index contributed by atoms with van der Waals surface area (Å²) < 4.78 is 21.1. The fraction of sp³-hybridized carbons (Fsp3) is 0.522. The van der Waals surface area contributed by atoms with Gasteiger partial charge < -0.3 is 20.5 Å². The SMILES string of the molecule is CC.CC(C)C.O=C(CNC(=O)c1nn(-c2ccc(Cl)cc2F)c2c1CCOC2)NCCO. The molecule has 184 valence electrons. The number of hydrogen-bond donors (Lipinski definition) is 3. The number of ether oxygens (including phenoxy) is 1. The number of aromatic nitrogens is 2. The number of amides is 2. The minimum Gasteiger partial charge on any atom is -0.395 e. The van der Waals surface area contributed by atoms with Crippen LogP contribution in [0.5, 0.6) is 0 Å². The first-order chi connectivity index (χ1) is 15.7. The zero-order valence-electron chi connectivity index (χ0n) is 19.9. The molecule has 8 nitrogen and oxygen atoms in total. The van der Waals surface area contributed by atoms with E-state index in [4.69, 9.17) is 21.4 Å². The van der Waals surface area contributed by atoms with Crippen molar-refractivity contribution in [1.29, 1.82) is 0 Å². The Labute approximate surface area is 199 Å². The van der Waals surface area contributed by atoms with Crippen LogP contribution in [-0.4, -0.2) is 53.0 Å². The van der Waals surface area contributed by atoms with Crippen LogP contribution < -0.4 is 10.6 Å². The first-order valence-electron chi connectivity index (χ1n) is 11.0. The molecule has 3 N–H and O–H groups in total. The number of aliphatic hydroxyl groups excluding tert-OH is 1. The van der Waals surface area contributed by atoms with Crippen LogP contribution in [-0.2, 0) is 22.6 Å². The maximum Gasteiger partial charge on any atom is 0.272 e. The Bertz CT molecular complexity index is 915. The van der Waals surface area contributed by atoms with Gasteiger partial charge in [-0.1, -0.05) is 46.2 Å². The molecule has 1 aliphatic rings. The van der Waals surface area contributed by atoms with Crippen molar-refractivity contribution in [2.24, 2.45) is 5.92 Å². The molecule has 1 aliphatic heterocycles. The van der Waals surface area contributed by atoms with Crippen molar-refractivity contribution < 1.29 is 23.8 Å². The fourth-order valence-corrected chi connectivity index (χ4v) is 2.93. The number of carbonyl (C=O) groups is 2. The highest BCUT2D eigenvalue weighted by Gasteiger charge is 2.27. The lowest BCUT2D eigenvalue weighted by atomic mass is 10.1. The van der Waals surface area contributed by atoms with Crippen LogP contribution in [0.2, 0.25) is 5.02 Å². The molecule has 3 rings (SSSR count). The van der Waals surface area contributed by atoms with E-state index < -0.39 is 17.6 Å². The van der Waals surface area contributed by atoms with E-state index in [0.29, 0.717) is 24.3 Å². The van der Waals surface area contributed by atoms with E-state index in [1.165, 1.54) is 22.9 Å². The van der Waals surface area contributed by atoms with Crippen molar-refractivity contribution in [3.05, 3.63) is 46.0 Å². The lowest BCUT2D eigenvalue weighted by Gasteiger charge is -2.15. The Kier molecular flexibility index (Phi) is 12.6. The number of hydrogen-bond acceptors (Lipinski definition) is 5. The summed E-state index contributed by atoms with van der Waals surface area (Å²) in [4.78, 5) is 24.1. The molecule has 0 unspecified atom stereocenters. The van der Waals surface area contributed by atoms with Gasteiger partial charge in [-0.2, -0.15) is 5.10 Å². The van der Waals surface area contributed by atoms with E-state index in [9.17, 15) is 14.0 Å². The lowest BCUT2D eigenvalue weighted by molar-refractivity contribution is -0.120. The third-order valence-electron chi connectivity index (χ3n) is 4.02. The molecule has 2 heterocycles. The summed E-state index contributed by atoms with van der Waals surface area (Å²) in [6.45, 7) is 10.8. The topological polar surface area (TPSA) is 105 Å². The molecule has 0 saturated heterocycles. The minimum absolute atomic E-state index is 0.103. The van der Waals surface area contributed by atoms with Crippen molar-refractivity contribution in [2.45, 2.75) is 47.6 Å². The van der Waals surface area contributed by atoms with Crippen molar-refractivity contribution in [3.63, 3.8) is 0 Å². The molecular formula is C23H34ClFN4O4. The molecule has 1 aromatic carbocycles.